The summed E-state index contributed by atoms with van der Waals surface area (Å²) in [6.45, 7) is 4.38. The summed E-state index contributed by atoms with van der Waals surface area (Å²) in [4.78, 5) is 12.8. The van der Waals surface area contributed by atoms with Crippen molar-refractivity contribution in [1.29, 1.82) is 0 Å². The van der Waals surface area contributed by atoms with Gasteiger partial charge in [-0.15, -0.1) is 0 Å². The van der Waals surface area contributed by atoms with Crippen molar-refractivity contribution in [3.05, 3.63) is 69.5 Å². The molecule has 4 rings (SSSR count). The molecule has 1 aliphatic carbocycles. The molecule has 0 saturated carbocycles. The van der Waals surface area contributed by atoms with Crippen LogP contribution in [0.3, 0.4) is 0 Å². The smallest absolute Gasteiger partial charge is 0.270 e. The molecule has 0 unspecified atom stereocenters. The molecule has 8 heteroatoms. The summed E-state index contributed by atoms with van der Waals surface area (Å²) < 4.78 is 36.1. The van der Waals surface area contributed by atoms with E-state index in [1.165, 1.54) is 11.8 Å². The number of nitrogens with zero attached hydrogens (tertiary/aromatic N) is 2. The molecule has 0 amide bonds. The molecular formula is C25H29N3O4S. The van der Waals surface area contributed by atoms with Gasteiger partial charge in [0, 0.05) is 23.4 Å². The van der Waals surface area contributed by atoms with Crippen molar-refractivity contribution < 1.29 is 13.2 Å². The van der Waals surface area contributed by atoms with Crippen LogP contribution in [0.5, 0.6) is 5.75 Å². The van der Waals surface area contributed by atoms with Gasteiger partial charge in [0.05, 0.1) is 12.8 Å². The van der Waals surface area contributed by atoms with Crippen molar-refractivity contribution in [2.24, 2.45) is 0 Å². The third-order valence-electron chi connectivity index (χ3n) is 6.11. The molecule has 3 aromatic rings. The molecule has 33 heavy (non-hydrogen) atoms. The minimum absolute atomic E-state index is 0.0303. The van der Waals surface area contributed by atoms with Gasteiger partial charge >= 0.3 is 0 Å². The predicted molar refractivity (Wildman–Crippen MR) is 129 cm³/mol. The average molecular weight is 468 g/mol. The predicted octanol–water partition coefficient (Wildman–Crippen LogP) is 4.18. The number of anilines is 1. The second-order valence-electron chi connectivity index (χ2n) is 8.16. The minimum Gasteiger partial charge on any atom is -0.495 e. The van der Waals surface area contributed by atoms with Crippen LogP contribution in [-0.4, -0.2) is 25.3 Å². The largest absolute Gasteiger partial charge is 0.495 e. The number of nitrogens with one attached hydrogen (secondary N) is 1. The van der Waals surface area contributed by atoms with Gasteiger partial charge in [-0.25, -0.2) is 13.1 Å². The van der Waals surface area contributed by atoms with Crippen LogP contribution >= 0.6 is 0 Å². The molecule has 1 aliphatic rings. The van der Waals surface area contributed by atoms with E-state index in [2.05, 4.69) is 9.82 Å². The lowest BCUT2D eigenvalue weighted by Gasteiger charge is -2.20. The molecule has 1 aromatic heterocycles. The fraction of sp³-hybridized carbons (Fsp3) is 0.360. The molecule has 0 saturated heterocycles. The van der Waals surface area contributed by atoms with Crippen molar-refractivity contribution in [3.63, 3.8) is 0 Å². The quantitative estimate of drug-likeness (QED) is 0.563. The second-order valence-corrected chi connectivity index (χ2v) is 9.81. The molecule has 0 radical (unpaired) electrons. The topological polar surface area (TPSA) is 90.3 Å². The van der Waals surface area contributed by atoms with Crippen molar-refractivity contribution >= 4 is 15.7 Å². The standard InChI is InChI=1S/C25H29N3O4S/c1-4-17-10-13-19(14-11-17)27-33(30,31)23-16-18(12-15-22(23)32-3)24-20-8-6-7-9-21(20)25(29)28(5-2)26-24/h10-16,27H,4-9H2,1-3H3. The zero-order valence-electron chi connectivity index (χ0n) is 19.2. The maximum Gasteiger partial charge on any atom is 0.270 e. The Morgan fingerprint density at radius 2 is 1.73 bits per heavy atom. The van der Waals surface area contributed by atoms with E-state index in [0.29, 0.717) is 23.5 Å². The van der Waals surface area contributed by atoms with Gasteiger partial charge in [-0.3, -0.25) is 9.52 Å². The molecular weight excluding hydrogens is 438 g/mol. The van der Waals surface area contributed by atoms with Crippen LogP contribution in [0.2, 0.25) is 0 Å². The number of hydrogen-bond acceptors (Lipinski definition) is 5. The number of aryl methyl sites for hydroxylation is 2. The maximum absolute atomic E-state index is 13.3. The first-order chi connectivity index (χ1) is 15.9. The normalized spacial score (nSPS) is 13.4. The Bertz CT molecular complexity index is 1330. The van der Waals surface area contributed by atoms with Crippen molar-refractivity contribution in [3.8, 4) is 17.0 Å². The number of hydrogen-bond donors (Lipinski definition) is 1. The SMILES string of the molecule is CCc1ccc(NS(=O)(=O)c2cc(-c3nn(CC)c(=O)c4c3CCCC4)ccc2OC)cc1. The monoisotopic (exact) mass is 467 g/mol. The summed E-state index contributed by atoms with van der Waals surface area (Å²) in [7, 11) is -2.48. The molecule has 2 aromatic carbocycles. The summed E-state index contributed by atoms with van der Waals surface area (Å²) in [5.74, 6) is 0.245. The van der Waals surface area contributed by atoms with Gasteiger partial charge < -0.3 is 4.74 Å². The molecule has 0 spiro atoms. The van der Waals surface area contributed by atoms with Crippen molar-refractivity contribution in [1.82, 2.24) is 9.78 Å². The minimum atomic E-state index is -3.92. The molecule has 0 atom stereocenters. The average Bonchev–Trinajstić information content (AvgIpc) is 2.84. The van der Waals surface area contributed by atoms with E-state index in [1.807, 2.05) is 26.0 Å². The summed E-state index contributed by atoms with van der Waals surface area (Å²) in [6, 6.07) is 12.3. The van der Waals surface area contributed by atoms with Gasteiger partial charge in [0.1, 0.15) is 10.6 Å². The summed E-state index contributed by atoms with van der Waals surface area (Å²) in [6.07, 6.45) is 4.31. The number of rotatable bonds is 7. The highest BCUT2D eigenvalue weighted by molar-refractivity contribution is 7.92. The molecule has 0 aliphatic heterocycles. The van der Waals surface area contributed by atoms with E-state index in [-0.39, 0.29) is 16.2 Å². The van der Waals surface area contributed by atoms with Crippen LogP contribution in [0.25, 0.3) is 11.3 Å². The van der Waals surface area contributed by atoms with Crippen molar-refractivity contribution in [2.45, 2.75) is 57.4 Å². The lowest BCUT2D eigenvalue weighted by atomic mass is 9.90. The Morgan fingerprint density at radius 3 is 2.36 bits per heavy atom. The van der Waals surface area contributed by atoms with Gasteiger partial charge in [0.25, 0.3) is 15.6 Å². The van der Waals surface area contributed by atoms with Gasteiger partial charge in [0.15, 0.2) is 0 Å². The van der Waals surface area contributed by atoms with E-state index in [9.17, 15) is 13.2 Å². The maximum atomic E-state index is 13.3. The number of aromatic nitrogens is 2. The summed E-state index contributed by atoms with van der Waals surface area (Å²) in [5.41, 5.74) is 4.59. The van der Waals surface area contributed by atoms with E-state index < -0.39 is 10.0 Å². The lowest BCUT2D eigenvalue weighted by molar-refractivity contribution is 0.403. The Hall–Kier alpha value is -3.13. The second kappa shape index (κ2) is 9.39. The van der Waals surface area contributed by atoms with E-state index in [0.717, 1.165) is 48.8 Å². The van der Waals surface area contributed by atoms with Crippen LogP contribution in [0.1, 0.15) is 43.4 Å². The van der Waals surface area contributed by atoms with E-state index in [1.54, 1.807) is 30.3 Å². The lowest BCUT2D eigenvalue weighted by Crippen LogP contribution is -2.30. The van der Waals surface area contributed by atoms with Gasteiger partial charge in [-0.1, -0.05) is 19.1 Å². The molecule has 174 valence electrons. The molecule has 0 bridgehead atoms. The van der Waals surface area contributed by atoms with E-state index >= 15 is 0 Å². The Labute approximate surface area is 194 Å². The van der Waals surface area contributed by atoms with Gasteiger partial charge in [-0.05, 0) is 80.5 Å². The number of benzene rings is 2. The molecule has 1 N–H and O–H groups in total. The zero-order valence-corrected chi connectivity index (χ0v) is 20.0. The van der Waals surface area contributed by atoms with Gasteiger partial charge in [-0.2, -0.15) is 5.10 Å². The number of sulfonamides is 1. The first-order valence-corrected chi connectivity index (χ1v) is 12.8. The highest BCUT2D eigenvalue weighted by Gasteiger charge is 2.25. The number of ether oxygens (including phenoxy) is 1. The van der Waals surface area contributed by atoms with Crippen molar-refractivity contribution in [2.75, 3.05) is 11.8 Å². The fourth-order valence-electron chi connectivity index (χ4n) is 4.28. The molecule has 7 nitrogen and oxygen atoms in total. The van der Waals surface area contributed by atoms with Crippen LogP contribution in [-0.2, 0) is 35.8 Å². The van der Waals surface area contributed by atoms with Crippen LogP contribution in [0.15, 0.2) is 52.2 Å². The highest BCUT2D eigenvalue weighted by atomic mass is 32.2. The van der Waals surface area contributed by atoms with Crippen LogP contribution in [0.4, 0.5) is 5.69 Å². The molecule has 0 fully saturated rings. The third kappa shape index (κ3) is 4.53. The van der Waals surface area contributed by atoms with Crippen LogP contribution in [0, 0.1) is 0 Å². The number of methoxy groups -OCH3 is 1. The first-order valence-electron chi connectivity index (χ1n) is 11.3. The Balaban J connectivity index is 1.81. The van der Waals surface area contributed by atoms with Gasteiger partial charge in [0.2, 0.25) is 0 Å². The fourth-order valence-corrected chi connectivity index (χ4v) is 5.54. The first kappa shape index (κ1) is 23.0. The summed E-state index contributed by atoms with van der Waals surface area (Å²) in [5, 5.41) is 4.60. The molecule has 1 heterocycles. The Morgan fingerprint density at radius 1 is 1.03 bits per heavy atom. The van der Waals surface area contributed by atoms with Crippen LogP contribution < -0.4 is 15.0 Å². The number of fused-ring (bicyclic) bond motifs is 1. The third-order valence-corrected chi connectivity index (χ3v) is 7.51. The highest BCUT2D eigenvalue weighted by Crippen LogP contribution is 2.34. The van der Waals surface area contributed by atoms with E-state index in [4.69, 9.17) is 4.74 Å². The summed E-state index contributed by atoms with van der Waals surface area (Å²) >= 11 is 0. The zero-order chi connectivity index (χ0) is 23.6. The Kier molecular flexibility index (Phi) is 6.56.